The van der Waals surface area contributed by atoms with E-state index in [1.807, 2.05) is 0 Å². The maximum atomic E-state index is 12.3. The van der Waals surface area contributed by atoms with Crippen molar-refractivity contribution in [3.63, 3.8) is 0 Å². The van der Waals surface area contributed by atoms with Gasteiger partial charge in [-0.3, -0.25) is 19.7 Å². The van der Waals surface area contributed by atoms with Gasteiger partial charge in [-0.25, -0.2) is 0 Å². The molecule has 0 radical (unpaired) electrons. The summed E-state index contributed by atoms with van der Waals surface area (Å²) in [5.74, 6) is -1.12. The number of nitro groups is 1. The second kappa shape index (κ2) is 7.15. The summed E-state index contributed by atoms with van der Waals surface area (Å²) in [7, 11) is 0. The summed E-state index contributed by atoms with van der Waals surface area (Å²) in [6, 6.07) is 6.19. The molecule has 0 bridgehead atoms. The van der Waals surface area contributed by atoms with E-state index in [1.165, 1.54) is 12.1 Å². The van der Waals surface area contributed by atoms with Gasteiger partial charge in [0.05, 0.1) is 10.3 Å². The molecule has 3 rings (SSSR count). The summed E-state index contributed by atoms with van der Waals surface area (Å²) in [5, 5.41) is 23.8. The molecule has 26 heavy (non-hydrogen) atoms. The fraction of sp³-hybridized carbons (Fsp3) is 0.444. The first kappa shape index (κ1) is 17.9. The number of fused-ring (bicyclic) bond motifs is 1. The van der Waals surface area contributed by atoms with Crippen LogP contribution in [0.5, 0.6) is 0 Å². The third-order valence-corrected chi connectivity index (χ3v) is 5.17. The number of hydrogen-bond donors (Lipinski definition) is 2. The van der Waals surface area contributed by atoms with Crippen LogP contribution < -0.4 is 5.32 Å². The monoisotopic (exact) mass is 359 g/mol. The minimum Gasteiger partial charge on any atom is -0.481 e. The van der Waals surface area contributed by atoms with Crippen molar-refractivity contribution in [2.45, 2.75) is 38.6 Å². The van der Waals surface area contributed by atoms with Crippen molar-refractivity contribution in [1.29, 1.82) is 0 Å². The van der Waals surface area contributed by atoms with Crippen molar-refractivity contribution >= 4 is 28.5 Å². The van der Waals surface area contributed by atoms with Crippen LogP contribution in [0.15, 0.2) is 30.5 Å². The van der Waals surface area contributed by atoms with Gasteiger partial charge >= 0.3 is 5.97 Å². The Kier molecular flexibility index (Phi) is 4.92. The first-order valence-corrected chi connectivity index (χ1v) is 8.65. The molecule has 1 heterocycles. The summed E-state index contributed by atoms with van der Waals surface area (Å²) < 4.78 is 1.70. The molecule has 1 aliphatic carbocycles. The predicted octanol–water partition coefficient (Wildman–Crippen LogP) is 2.70. The van der Waals surface area contributed by atoms with Crippen LogP contribution in [0.2, 0.25) is 0 Å². The Morgan fingerprint density at radius 3 is 2.62 bits per heavy atom. The van der Waals surface area contributed by atoms with Gasteiger partial charge in [0.15, 0.2) is 0 Å². The zero-order chi connectivity index (χ0) is 18.7. The van der Waals surface area contributed by atoms with E-state index in [0.29, 0.717) is 18.2 Å². The van der Waals surface area contributed by atoms with E-state index in [1.54, 1.807) is 22.9 Å². The number of carbonyl (C=O) groups is 2. The van der Waals surface area contributed by atoms with Gasteiger partial charge in [-0.1, -0.05) is 19.3 Å². The molecule has 8 heteroatoms. The van der Waals surface area contributed by atoms with E-state index >= 15 is 0 Å². The van der Waals surface area contributed by atoms with Crippen molar-refractivity contribution in [2.75, 3.05) is 6.54 Å². The Bertz CT molecular complexity index is 852. The van der Waals surface area contributed by atoms with Crippen LogP contribution in [0.3, 0.4) is 0 Å². The number of nitrogens with one attached hydrogen (secondary N) is 1. The van der Waals surface area contributed by atoms with E-state index in [9.17, 15) is 24.8 Å². The van der Waals surface area contributed by atoms with Gasteiger partial charge in [0.1, 0.15) is 6.54 Å². The maximum absolute atomic E-state index is 12.3. The van der Waals surface area contributed by atoms with Gasteiger partial charge in [-0.05, 0) is 25.0 Å². The Labute approximate surface area is 149 Å². The van der Waals surface area contributed by atoms with Crippen LogP contribution in [0.4, 0.5) is 5.69 Å². The smallest absolute Gasteiger partial charge is 0.311 e. The lowest BCUT2D eigenvalue weighted by Crippen LogP contribution is -2.45. The molecule has 1 amide bonds. The van der Waals surface area contributed by atoms with E-state index in [0.717, 1.165) is 24.8 Å². The highest BCUT2D eigenvalue weighted by molar-refractivity contribution is 5.85. The first-order valence-electron chi connectivity index (χ1n) is 8.65. The highest BCUT2D eigenvalue weighted by atomic mass is 16.6. The molecule has 1 saturated carbocycles. The molecule has 1 aromatic carbocycles. The Morgan fingerprint density at radius 2 is 1.96 bits per heavy atom. The minimum atomic E-state index is -0.868. The molecule has 0 spiro atoms. The topological polar surface area (TPSA) is 114 Å². The highest BCUT2D eigenvalue weighted by Gasteiger charge is 2.39. The molecule has 8 nitrogen and oxygen atoms in total. The average molecular weight is 359 g/mol. The maximum Gasteiger partial charge on any atom is 0.311 e. The van der Waals surface area contributed by atoms with Crippen LogP contribution in [0.25, 0.3) is 10.9 Å². The highest BCUT2D eigenvalue weighted by Crippen LogP contribution is 2.36. The van der Waals surface area contributed by atoms with Gasteiger partial charge < -0.3 is 15.0 Å². The normalized spacial score (nSPS) is 16.3. The largest absolute Gasteiger partial charge is 0.481 e. The SMILES string of the molecule is O=C(Cn1ccc2cc([N+](=O)[O-])ccc21)NCC1(C(=O)O)CCCCC1. The average Bonchev–Trinajstić information content (AvgIpc) is 3.02. The summed E-state index contributed by atoms with van der Waals surface area (Å²) >= 11 is 0. The molecule has 0 unspecified atom stereocenters. The molecule has 1 aliphatic rings. The number of nitro benzene ring substituents is 1. The summed E-state index contributed by atoms with van der Waals surface area (Å²) in [6.07, 6.45) is 5.62. The minimum absolute atomic E-state index is 0.000370. The van der Waals surface area contributed by atoms with Gasteiger partial charge in [-0.15, -0.1) is 0 Å². The van der Waals surface area contributed by atoms with E-state index < -0.39 is 16.3 Å². The molecule has 2 N–H and O–H groups in total. The number of non-ortho nitro benzene ring substituents is 1. The number of carboxylic acids is 1. The number of hydrogen-bond acceptors (Lipinski definition) is 4. The third-order valence-electron chi connectivity index (χ3n) is 5.17. The Balaban J connectivity index is 1.67. The molecule has 2 aromatic rings. The second-order valence-electron chi connectivity index (χ2n) is 6.87. The first-order chi connectivity index (χ1) is 12.4. The zero-order valence-electron chi connectivity index (χ0n) is 14.3. The Morgan fingerprint density at radius 1 is 1.23 bits per heavy atom. The van der Waals surface area contributed by atoms with E-state index in [4.69, 9.17) is 0 Å². The number of aromatic nitrogens is 1. The number of amides is 1. The van der Waals surface area contributed by atoms with Gasteiger partial charge in [-0.2, -0.15) is 0 Å². The van der Waals surface area contributed by atoms with E-state index in [-0.39, 0.29) is 24.7 Å². The molecule has 0 atom stereocenters. The summed E-state index contributed by atoms with van der Waals surface area (Å²) in [5.41, 5.74) is -0.149. The number of benzene rings is 1. The summed E-state index contributed by atoms with van der Waals surface area (Å²) in [6.45, 7) is 0.169. The van der Waals surface area contributed by atoms with Crippen LogP contribution in [-0.2, 0) is 16.1 Å². The molecular formula is C18H21N3O5. The fourth-order valence-corrected chi connectivity index (χ4v) is 3.61. The number of carboxylic acid groups (broad SMARTS) is 1. The Hall–Kier alpha value is -2.90. The van der Waals surface area contributed by atoms with Gasteiger partial charge in [0.25, 0.3) is 5.69 Å². The van der Waals surface area contributed by atoms with Crippen molar-refractivity contribution in [1.82, 2.24) is 9.88 Å². The number of nitrogens with zero attached hydrogens (tertiary/aromatic N) is 2. The van der Waals surface area contributed by atoms with Crippen molar-refractivity contribution < 1.29 is 19.6 Å². The molecule has 1 aromatic heterocycles. The second-order valence-corrected chi connectivity index (χ2v) is 6.87. The predicted molar refractivity (Wildman–Crippen MR) is 94.8 cm³/mol. The quantitative estimate of drug-likeness (QED) is 0.608. The van der Waals surface area contributed by atoms with Crippen molar-refractivity contribution in [3.05, 3.63) is 40.6 Å². The number of rotatable bonds is 6. The fourth-order valence-electron chi connectivity index (χ4n) is 3.61. The van der Waals surface area contributed by atoms with Crippen molar-refractivity contribution in [3.8, 4) is 0 Å². The van der Waals surface area contributed by atoms with Crippen LogP contribution in [0, 0.1) is 15.5 Å². The van der Waals surface area contributed by atoms with Gasteiger partial charge in [0, 0.05) is 35.8 Å². The number of aliphatic carboxylic acids is 1. The summed E-state index contributed by atoms with van der Waals surface area (Å²) in [4.78, 5) is 34.3. The molecular weight excluding hydrogens is 338 g/mol. The van der Waals surface area contributed by atoms with Crippen LogP contribution in [-0.4, -0.2) is 33.0 Å². The molecule has 0 aliphatic heterocycles. The third kappa shape index (κ3) is 3.54. The zero-order valence-corrected chi connectivity index (χ0v) is 14.3. The van der Waals surface area contributed by atoms with Crippen molar-refractivity contribution in [2.24, 2.45) is 5.41 Å². The number of carbonyl (C=O) groups excluding carboxylic acids is 1. The van der Waals surface area contributed by atoms with Crippen LogP contribution in [0.1, 0.15) is 32.1 Å². The molecule has 1 fully saturated rings. The lowest BCUT2D eigenvalue weighted by atomic mass is 9.74. The lowest BCUT2D eigenvalue weighted by molar-refractivity contribution is -0.384. The van der Waals surface area contributed by atoms with Gasteiger partial charge in [0.2, 0.25) is 5.91 Å². The lowest BCUT2D eigenvalue weighted by Gasteiger charge is -2.33. The molecule has 0 saturated heterocycles. The molecule has 138 valence electrons. The van der Waals surface area contributed by atoms with E-state index in [2.05, 4.69) is 5.32 Å². The standard InChI is InChI=1S/C18H21N3O5/c22-16(19-12-18(17(23)24)7-2-1-3-8-18)11-20-9-6-13-10-14(21(25)26)4-5-15(13)20/h4-6,9-10H,1-3,7-8,11-12H2,(H,19,22)(H,23,24). The van der Waals surface area contributed by atoms with Crippen LogP contribution >= 0.6 is 0 Å².